The lowest BCUT2D eigenvalue weighted by molar-refractivity contribution is -0.137. The molecular formula is C23H21F3N2O4S. The highest BCUT2D eigenvalue weighted by Crippen LogP contribution is 2.33. The molecule has 0 saturated heterocycles. The van der Waals surface area contributed by atoms with Gasteiger partial charge in [0.15, 0.2) is 0 Å². The van der Waals surface area contributed by atoms with Gasteiger partial charge in [-0.2, -0.15) is 13.2 Å². The van der Waals surface area contributed by atoms with Crippen molar-refractivity contribution in [3.63, 3.8) is 0 Å². The summed E-state index contributed by atoms with van der Waals surface area (Å²) in [5.74, 6) is 0.413. The van der Waals surface area contributed by atoms with Crippen molar-refractivity contribution in [2.24, 2.45) is 0 Å². The van der Waals surface area contributed by atoms with Gasteiger partial charge in [0.2, 0.25) is 11.2 Å². The lowest BCUT2D eigenvalue weighted by Gasteiger charge is -2.14. The summed E-state index contributed by atoms with van der Waals surface area (Å²) >= 11 is 0. The van der Waals surface area contributed by atoms with Gasteiger partial charge in [0.1, 0.15) is 18.6 Å². The number of hydrogen-bond donors (Lipinski definition) is 1. The van der Waals surface area contributed by atoms with Gasteiger partial charge in [-0.25, -0.2) is 8.99 Å². The van der Waals surface area contributed by atoms with Crippen LogP contribution < -0.4 is 10.2 Å². The zero-order chi connectivity index (χ0) is 23.8. The van der Waals surface area contributed by atoms with Crippen LogP contribution in [-0.4, -0.2) is 15.4 Å². The Hall–Kier alpha value is -3.11. The Kier molecular flexibility index (Phi) is 6.06. The van der Waals surface area contributed by atoms with Gasteiger partial charge in [-0.3, -0.25) is 9.69 Å². The highest BCUT2D eigenvalue weighted by molar-refractivity contribution is 7.91. The molecule has 6 nitrogen and oxygen atoms in total. The maximum Gasteiger partial charge on any atom is 0.416 e. The first-order chi connectivity index (χ1) is 15.5. The summed E-state index contributed by atoms with van der Waals surface area (Å²) in [6, 6.07) is 11.6. The summed E-state index contributed by atoms with van der Waals surface area (Å²) in [6.45, 7) is 1.17. The number of nitrogens with zero attached hydrogens (tertiary/aromatic N) is 1. The number of nitrogens with one attached hydrogen (secondary N) is 1. The summed E-state index contributed by atoms with van der Waals surface area (Å²) in [7, 11) is -2.79. The Bertz CT molecular complexity index is 1330. The minimum Gasteiger partial charge on any atom is -0.482 e. The Morgan fingerprint density at radius 2 is 1.79 bits per heavy atom. The second kappa shape index (κ2) is 8.68. The average Bonchev–Trinajstić information content (AvgIpc) is 3.13. The topological polar surface area (TPSA) is 83.6 Å². The number of fused-ring (bicyclic) bond motifs is 1. The highest BCUT2D eigenvalue weighted by Gasteiger charge is 2.32. The van der Waals surface area contributed by atoms with Crippen LogP contribution in [0.5, 0.6) is 5.75 Å². The predicted octanol–water partition coefficient (Wildman–Crippen LogP) is 4.79. The first kappa shape index (κ1) is 23.1. The number of alkyl halides is 3. The second-order valence-corrected chi connectivity index (χ2v) is 10.1. The van der Waals surface area contributed by atoms with Crippen molar-refractivity contribution in [1.29, 1.82) is 4.78 Å². The second-order valence-electron chi connectivity index (χ2n) is 7.98. The van der Waals surface area contributed by atoms with Gasteiger partial charge < -0.3 is 9.15 Å². The van der Waals surface area contributed by atoms with Crippen molar-refractivity contribution in [3.8, 4) is 5.75 Å². The van der Waals surface area contributed by atoms with Crippen LogP contribution in [0.15, 0.2) is 68.9 Å². The van der Waals surface area contributed by atoms with Crippen LogP contribution in [0.25, 0.3) is 0 Å². The molecule has 10 heteroatoms. The number of benzene rings is 2. The lowest BCUT2D eigenvalue weighted by Crippen LogP contribution is -2.17. The molecular weight excluding hydrogens is 457 g/mol. The van der Waals surface area contributed by atoms with E-state index in [1.807, 2.05) is 4.90 Å². The van der Waals surface area contributed by atoms with E-state index < -0.39 is 21.5 Å². The third-order valence-electron chi connectivity index (χ3n) is 5.32. The molecule has 174 valence electrons. The summed E-state index contributed by atoms with van der Waals surface area (Å²) in [6.07, 6.45) is -1.82. The molecule has 1 aliphatic heterocycles. The standard InChI is InChI=1S/C23H21F3N2O4S/c1-33(27,30)20-6-2-15(3-7-20)13-32-22-14-31-19(9-21(22)29)12-28-10-16-4-5-18(23(24,25)26)8-17(16)11-28/h2-9,14,27H,10-13H2,1H3. The summed E-state index contributed by atoms with van der Waals surface area (Å²) in [5.41, 5.74) is 1.13. The molecule has 1 aliphatic rings. The molecule has 4 rings (SSSR count). The van der Waals surface area contributed by atoms with Gasteiger partial charge in [-0.1, -0.05) is 18.2 Å². The van der Waals surface area contributed by atoms with Gasteiger partial charge in [0.25, 0.3) is 0 Å². The number of halogens is 3. The number of hydrogen-bond acceptors (Lipinski definition) is 6. The Morgan fingerprint density at radius 3 is 2.42 bits per heavy atom. The van der Waals surface area contributed by atoms with Crippen LogP contribution >= 0.6 is 0 Å². The first-order valence-electron chi connectivity index (χ1n) is 9.98. The average molecular weight is 478 g/mol. The van der Waals surface area contributed by atoms with Crippen molar-refractivity contribution in [1.82, 2.24) is 4.90 Å². The van der Waals surface area contributed by atoms with Gasteiger partial charge >= 0.3 is 6.18 Å². The Morgan fingerprint density at radius 1 is 1.09 bits per heavy atom. The van der Waals surface area contributed by atoms with E-state index >= 15 is 0 Å². The molecule has 0 spiro atoms. The molecule has 1 unspecified atom stereocenters. The van der Waals surface area contributed by atoms with Crippen molar-refractivity contribution >= 4 is 9.73 Å². The van der Waals surface area contributed by atoms with Crippen LogP contribution in [0, 0.1) is 4.78 Å². The smallest absolute Gasteiger partial charge is 0.416 e. The fourth-order valence-corrected chi connectivity index (χ4v) is 4.26. The van der Waals surface area contributed by atoms with Crippen LogP contribution in [0.3, 0.4) is 0 Å². The largest absolute Gasteiger partial charge is 0.482 e. The maximum atomic E-state index is 12.9. The molecule has 0 saturated carbocycles. The molecule has 0 aliphatic carbocycles. The van der Waals surface area contributed by atoms with Gasteiger partial charge in [-0.05, 0) is 41.0 Å². The molecule has 0 radical (unpaired) electrons. The van der Waals surface area contributed by atoms with E-state index in [1.165, 1.54) is 24.7 Å². The van der Waals surface area contributed by atoms with E-state index in [4.69, 9.17) is 13.9 Å². The summed E-state index contributed by atoms with van der Waals surface area (Å²) < 4.78 is 69.1. The van der Waals surface area contributed by atoms with Crippen molar-refractivity contribution in [2.45, 2.75) is 37.3 Å². The van der Waals surface area contributed by atoms with E-state index in [-0.39, 0.29) is 24.3 Å². The van der Waals surface area contributed by atoms with E-state index in [0.717, 1.165) is 23.3 Å². The Labute approximate surface area is 188 Å². The molecule has 3 aromatic rings. The minimum atomic E-state index is -4.38. The molecule has 0 amide bonds. The minimum absolute atomic E-state index is 0.0298. The molecule has 2 aromatic carbocycles. The first-order valence-corrected chi connectivity index (χ1v) is 11.9. The third-order valence-corrected chi connectivity index (χ3v) is 6.49. The van der Waals surface area contributed by atoms with Crippen molar-refractivity contribution < 1.29 is 26.5 Å². The quantitative estimate of drug-likeness (QED) is 0.551. The summed E-state index contributed by atoms with van der Waals surface area (Å²) in [5, 5.41) is 0. The molecule has 1 atom stereocenters. The number of ether oxygens (including phenoxy) is 1. The fourth-order valence-electron chi connectivity index (χ4n) is 3.61. The third kappa shape index (κ3) is 5.45. The monoisotopic (exact) mass is 478 g/mol. The normalized spacial score (nSPS) is 15.8. The molecule has 33 heavy (non-hydrogen) atoms. The highest BCUT2D eigenvalue weighted by atomic mass is 32.2. The molecule has 0 bridgehead atoms. The SMILES string of the molecule is CS(=N)(=O)c1ccc(COc2coc(CN3Cc4ccc(C(F)(F)F)cc4C3)cc2=O)cc1. The van der Waals surface area contributed by atoms with Gasteiger partial charge in [0, 0.05) is 30.3 Å². The van der Waals surface area contributed by atoms with E-state index in [0.29, 0.717) is 29.3 Å². The Balaban J connectivity index is 1.37. The van der Waals surface area contributed by atoms with Gasteiger partial charge in [0.05, 0.1) is 21.8 Å². The van der Waals surface area contributed by atoms with E-state index in [2.05, 4.69) is 0 Å². The molecule has 0 fully saturated rings. The molecule has 1 N–H and O–H groups in total. The van der Waals surface area contributed by atoms with Crippen LogP contribution in [0.1, 0.15) is 28.0 Å². The predicted molar refractivity (Wildman–Crippen MR) is 115 cm³/mol. The van der Waals surface area contributed by atoms with Gasteiger partial charge in [-0.15, -0.1) is 0 Å². The van der Waals surface area contributed by atoms with Crippen LogP contribution in [0.2, 0.25) is 0 Å². The zero-order valence-corrected chi connectivity index (χ0v) is 18.5. The van der Waals surface area contributed by atoms with Crippen molar-refractivity contribution in [2.75, 3.05) is 6.26 Å². The molecule has 1 aromatic heterocycles. The fraction of sp³-hybridized carbons (Fsp3) is 0.261. The number of rotatable bonds is 6. The maximum absolute atomic E-state index is 12.9. The molecule has 2 heterocycles. The van der Waals surface area contributed by atoms with Crippen LogP contribution in [0.4, 0.5) is 13.2 Å². The van der Waals surface area contributed by atoms with Crippen LogP contribution in [-0.2, 0) is 42.1 Å². The summed E-state index contributed by atoms with van der Waals surface area (Å²) in [4.78, 5) is 14.7. The van der Waals surface area contributed by atoms with E-state index in [1.54, 1.807) is 24.3 Å². The van der Waals surface area contributed by atoms with E-state index in [9.17, 15) is 22.2 Å². The lowest BCUT2D eigenvalue weighted by atomic mass is 10.1. The zero-order valence-electron chi connectivity index (χ0n) is 17.6. The van der Waals surface area contributed by atoms with Crippen molar-refractivity contribution in [3.05, 3.63) is 93.0 Å².